The van der Waals surface area contributed by atoms with E-state index in [-0.39, 0.29) is 5.79 Å². The van der Waals surface area contributed by atoms with Gasteiger partial charge in [-0.15, -0.1) is 0 Å². The average Bonchev–Trinajstić information content (AvgIpc) is 3.34. The maximum Gasteiger partial charge on any atom is 0.171 e. The third-order valence-corrected chi connectivity index (χ3v) is 5.57. The van der Waals surface area contributed by atoms with Gasteiger partial charge in [-0.2, -0.15) is 0 Å². The molecule has 0 radical (unpaired) electrons. The molecule has 5 heteroatoms. The third-order valence-electron chi connectivity index (χ3n) is 5.57. The zero-order valence-electron chi connectivity index (χ0n) is 14.3. The fraction of sp³-hybridized carbons (Fsp3) is 0.450. The molecule has 5 nitrogen and oxygen atoms in total. The molecular weight excluding hydrogens is 314 g/mol. The van der Waals surface area contributed by atoms with E-state index in [0.717, 1.165) is 52.0 Å². The Bertz CT molecular complexity index is 755. The number of nitrogens with one attached hydrogen (secondary N) is 1. The summed E-state index contributed by atoms with van der Waals surface area (Å²) >= 11 is 0. The van der Waals surface area contributed by atoms with E-state index in [1.54, 1.807) is 6.33 Å². The molecule has 0 saturated carbocycles. The molecule has 25 heavy (non-hydrogen) atoms. The van der Waals surface area contributed by atoms with Crippen molar-refractivity contribution >= 4 is 11.8 Å². The second kappa shape index (κ2) is 6.00. The predicted octanol–water partition coefficient (Wildman–Crippen LogP) is 2.94. The van der Waals surface area contributed by atoms with Crippen LogP contribution in [-0.2, 0) is 22.3 Å². The zero-order valence-corrected chi connectivity index (χ0v) is 14.3. The Morgan fingerprint density at radius 1 is 1.04 bits per heavy atom. The summed E-state index contributed by atoms with van der Waals surface area (Å²) in [5.41, 5.74) is 6.44. The van der Waals surface area contributed by atoms with Crippen molar-refractivity contribution in [2.45, 2.75) is 31.5 Å². The molecule has 5 rings (SSSR count). The van der Waals surface area contributed by atoms with Gasteiger partial charge in [0.2, 0.25) is 0 Å². The van der Waals surface area contributed by atoms with E-state index in [4.69, 9.17) is 9.47 Å². The number of imidazole rings is 1. The molecule has 1 aromatic heterocycles. The number of nitrogens with zero attached hydrogens (tertiary/aromatic N) is 2. The van der Waals surface area contributed by atoms with E-state index in [2.05, 4.69) is 45.2 Å². The Kier molecular flexibility index (Phi) is 3.64. The highest BCUT2D eigenvalue weighted by atomic mass is 16.7. The van der Waals surface area contributed by atoms with Gasteiger partial charge < -0.3 is 19.4 Å². The first-order chi connectivity index (χ1) is 12.3. The molecule has 2 fully saturated rings. The number of aromatic amines is 1. The van der Waals surface area contributed by atoms with Gasteiger partial charge in [0, 0.05) is 50.2 Å². The van der Waals surface area contributed by atoms with Gasteiger partial charge in [-0.25, -0.2) is 4.98 Å². The lowest BCUT2D eigenvalue weighted by molar-refractivity contribution is -0.169. The van der Waals surface area contributed by atoms with E-state index < -0.39 is 0 Å². The minimum atomic E-state index is -0.298. The first-order valence-electron chi connectivity index (χ1n) is 9.13. The van der Waals surface area contributed by atoms with Gasteiger partial charge in [-0.05, 0) is 17.7 Å². The van der Waals surface area contributed by atoms with Crippen LogP contribution in [0.3, 0.4) is 0 Å². The maximum atomic E-state index is 5.81. The van der Waals surface area contributed by atoms with E-state index in [1.807, 2.05) is 0 Å². The van der Waals surface area contributed by atoms with Crippen LogP contribution in [0.1, 0.15) is 29.8 Å². The highest BCUT2D eigenvalue weighted by Crippen LogP contribution is 2.33. The summed E-state index contributed by atoms with van der Waals surface area (Å²) < 4.78 is 11.6. The Labute approximate surface area is 147 Å². The van der Waals surface area contributed by atoms with Gasteiger partial charge in [-0.1, -0.05) is 23.8 Å². The van der Waals surface area contributed by atoms with Crippen LogP contribution in [0.25, 0.3) is 6.08 Å². The van der Waals surface area contributed by atoms with Crippen LogP contribution < -0.4 is 4.90 Å². The van der Waals surface area contributed by atoms with E-state index >= 15 is 0 Å². The lowest BCUT2D eigenvalue weighted by Gasteiger charge is -2.38. The molecule has 1 spiro atoms. The minimum Gasteiger partial charge on any atom is -0.371 e. The highest BCUT2D eigenvalue weighted by Gasteiger charge is 2.39. The number of benzene rings is 1. The van der Waals surface area contributed by atoms with Gasteiger partial charge in [0.1, 0.15) is 0 Å². The molecule has 3 aliphatic rings. The third kappa shape index (κ3) is 2.87. The van der Waals surface area contributed by atoms with Crippen molar-refractivity contribution in [1.82, 2.24) is 9.97 Å². The summed E-state index contributed by atoms with van der Waals surface area (Å²) in [5.74, 6) is -0.298. The van der Waals surface area contributed by atoms with Crippen molar-refractivity contribution in [2.24, 2.45) is 0 Å². The summed E-state index contributed by atoms with van der Waals surface area (Å²) in [6.07, 6.45) is 7.94. The number of piperidine rings is 1. The van der Waals surface area contributed by atoms with Crippen molar-refractivity contribution in [3.05, 3.63) is 53.1 Å². The maximum absolute atomic E-state index is 5.81. The van der Waals surface area contributed by atoms with E-state index in [1.165, 1.54) is 28.2 Å². The molecule has 130 valence electrons. The van der Waals surface area contributed by atoms with Crippen molar-refractivity contribution < 1.29 is 9.47 Å². The largest absolute Gasteiger partial charge is 0.371 e. The predicted molar refractivity (Wildman–Crippen MR) is 96.5 cm³/mol. The van der Waals surface area contributed by atoms with Crippen LogP contribution >= 0.6 is 0 Å². The molecule has 1 aromatic carbocycles. The number of rotatable bonds is 2. The lowest BCUT2D eigenvalue weighted by atomic mass is 10.0. The van der Waals surface area contributed by atoms with E-state index in [0.29, 0.717) is 0 Å². The monoisotopic (exact) mass is 337 g/mol. The SMILES string of the molecule is C(=C1Cc2nc[nH]c2C1)c1ccc(N2CCC3(CC2)OCCO3)cc1. The van der Waals surface area contributed by atoms with Crippen molar-refractivity contribution in [3.8, 4) is 0 Å². The average molecular weight is 337 g/mol. The Hall–Kier alpha value is -2.11. The molecular formula is C20H23N3O2. The lowest BCUT2D eigenvalue weighted by Crippen LogP contribution is -2.45. The zero-order chi connectivity index (χ0) is 16.7. The van der Waals surface area contributed by atoms with Crippen LogP contribution in [0.5, 0.6) is 0 Å². The van der Waals surface area contributed by atoms with Gasteiger partial charge in [0.25, 0.3) is 0 Å². The molecule has 2 aromatic rings. The molecule has 0 unspecified atom stereocenters. The first kappa shape index (κ1) is 15.2. The Morgan fingerprint density at radius 3 is 2.52 bits per heavy atom. The molecule has 1 N–H and O–H groups in total. The first-order valence-corrected chi connectivity index (χ1v) is 9.13. The summed E-state index contributed by atoms with van der Waals surface area (Å²) in [5, 5.41) is 0. The number of anilines is 1. The van der Waals surface area contributed by atoms with Crippen molar-refractivity contribution in [3.63, 3.8) is 0 Å². The number of H-pyrrole nitrogens is 1. The topological polar surface area (TPSA) is 50.4 Å². The molecule has 2 aliphatic heterocycles. The number of ether oxygens (including phenoxy) is 2. The number of aromatic nitrogens is 2. The van der Waals surface area contributed by atoms with Crippen molar-refractivity contribution in [1.29, 1.82) is 0 Å². The summed E-state index contributed by atoms with van der Waals surface area (Å²) in [6.45, 7) is 3.45. The standard InChI is InChI=1S/C20H23N3O2/c1-3-17(23-7-5-20(6-8-23)24-9-10-25-20)4-2-15(1)11-16-12-18-19(13-16)22-14-21-18/h1-4,11,14H,5-10,12-13H2,(H,21,22). The van der Waals surface area contributed by atoms with Crippen LogP contribution in [0, 0.1) is 0 Å². The van der Waals surface area contributed by atoms with Gasteiger partial charge in [0.05, 0.1) is 25.2 Å². The van der Waals surface area contributed by atoms with Crippen LogP contribution in [-0.4, -0.2) is 42.1 Å². The normalized spacial score (nSPS) is 23.5. The number of allylic oxidation sites excluding steroid dienone is 1. The number of hydrogen-bond acceptors (Lipinski definition) is 4. The fourth-order valence-corrected chi connectivity index (χ4v) is 4.17. The second-order valence-corrected chi connectivity index (χ2v) is 7.17. The van der Waals surface area contributed by atoms with Crippen LogP contribution in [0.4, 0.5) is 5.69 Å². The van der Waals surface area contributed by atoms with Gasteiger partial charge in [-0.3, -0.25) is 0 Å². The van der Waals surface area contributed by atoms with Crippen LogP contribution in [0.15, 0.2) is 36.2 Å². The van der Waals surface area contributed by atoms with E-state index in [9.17, 15) is 0 Å². The smallest absolute Gasteiger partial charge is 0.171 e. The summed E-state index contributed by atoms with van der Waals surface area (Å²) in [4.78, 5) is 10.0. The minimum absolute atomic E-state index is 0.298. The molecule has 0 amide bonds. The molecule has 3 heterocycles. The summed E-state index contributed by atoms with van der Waals surface area (Å²) in [6, 6.07) is 8.89. The highest BCUT2D eigenvalue weighted by molar-refractivity contribution is 5.60. The molecule has 1 aliphatic carbocycles. The quantitative estimate of drug-likeness (QED) is 0.915. The van der Waals surface area contributed by atoms with Gasteiger partial charge >= 0.3 is 0 Å². The molecule has 0 bridgehead atoms. The molecule has 2 saturated heterocycles. The Balaban J connectivity index is 1.24. The number of fused-ring (bicyclic) bond motifs is 1. The van der Waals surface area contributed by atoms with Crippen molar-refractivity contribution in [2.75, 3.05) is 31.2 Å². The summed E-state index contributed by atoms with van der Waals surface area (Å²) in [7, 11) is 0. The number of hydrogen-bond donors (Lipinski definition) is 1. The van der Waals surface area contributed by atoms with Gasteiger partial charge in [0.15, 0.2) is 5.79 Å². The second-order valence-electron chi connectivity index (χ2n) is 7.17. The fourth-order valence-electron chi connectivity index (χ4n) is 4.17. The Morgan fingerprint density at radius 2 is 1.80 bits per heavy atom. The molecule has 0 atom stereocenters. The van der Waals surface area contributed by atoms with Crippen LogP contribution in [0.2, 0.25) is 0 Å².